The van der Waals surface area contributed by atoms with Crippen molar-refractivity contribution in [2.45, 2.75) is 77.3 Å². The van der Waals surface area contributed by atoms with Crippen LogP contribution in [0.2, 0.25) is 0 Å². The molecule has 1 aromatic carbocycles. The Morgan fingerprint density at radius 2 is 1.81 bits per heavy atom. The zero-order valence-corrected chi connectivity index (χ0v) is 19.3. The maximum Gasteiger partial charge on any atom is 0.254 e. The van der Waals surface area contributed by atoms with E-state index in [2.05, 4.69) is 25.3 Å². The van der Waals surface area contributed by atoms with Gasteiger partial charge in [-0.2, -0.15) is 5.10 Å². The van der Waals surface area contributed by atoms with Crippen molar-refractivity contribution < 1.29 is 4.79 Å². The second kappa shape index (κ2) is 8.32. The number of rotatable bonds is 3. The van der Waals surface area contributed by atoms with E-state index in [4.69, 9.17) is 15.8 Å². The van der Waals surface area contributed by atoms with Crippen molar-refractivity contribution in [3.8, 4) is 0 Å². The maximum absolute atomic E-state index is 13.5. The van der Waals surface area contributed by atoms with Gasteiger partial charge >= 0.3 is 0 Å². The number of hydrogen-bond acceptors (Lipinski definition) is 4. The lowest BCUT2D eigenvalue weighted by molar-refractivity contribution is 0.0605. The molecule has 2 aromatic heterocycles. The molecule has 1 aliphatic carbocycles. The Kier molecular flexibility index (Phi) is 5.49. The average Bonchev–Trinajstić information content (AvgIpc) is 3.37. The smallest absolute Gasteiger partial charge is 0.254 e. The number of likely N-dealkylation sites (tertiary alicyclic amines) is 1. The first kappa shape index (κ1) is 21.1. The van der Waals surface area contributed by atoms with Crippen molar-refractivity contribution in [2.75, 3.05) is 6.54 Å². The second-order valence-electron chi connectivity index (χ2n) is 9.84. The van der Waals surface area contributed by atoms with Gasteiger partial charge in [-0.05, 0) is 77.0 Å². The van der Waals surface area contributed by atoms with E-state index in [1.807, 2.05) is 35.4 Å². The summed E-state index contributed by atoms with van der Waals surface area (Å²) in [5.41, 5.74) is 13.3. The Bertz CT molecular complexity index is 1150. The van der Waals surface area contributed by atoms with E-state index in [1.165, 1.54) is 0 Å². The molecule has 0 radical (unpaired) electrons. The fraction of sp³-hybridized carbons (Fsp3) is 0.500. The molecule has 6 nitrogen and oxygen atoms in total. The van der Waals surface area contributed by atoms with Gasteiger partial charge in [0.15, 0.2) is 5.65 Å². The molecular formula is C26H33N5O. The monoisotopic (exact) mass is 431 g/mol. The average molecular weight is 432 g/mol. The van der Waals surface area contributed by atoms with Crippen LogP contribution in [0.4, 0.5) is 0 Å². The molecule has 0 bridgehead atoms. The van der Waals surface area contributed by atoms with E-state index in [0.717, 1.165) is 84.4 Å². The van der Waals surface area contributed by atoms with Crippen LogP contribution in [0, 0.1) is 20.8 Å². The van der Waals surface area contributed by atoms with Crippen molar-refractivity contribution in [2.24, 2.45) is 5.73 Å². The van der Waals surface area contributed by atoms with Gasteiger partial charge < -0.3 is 10.6 Å². The van der Waals surface area contributed by atoms with Crippen molar-refractivity contribution in [1.29, 1.82) is 0 Å². The van der Waals surface area contributed by atoms with Crippen LogP contribution in [-0.4, -0.2) is 38.0 Å². The van der Waals surface area contributed by atoms with Crippen molar-refractivity contribution >= 4 is 11.6 Å². The molecule has 2 aliphatic rings. The highest BCUT2D eigenvalue weighted by atomic mass is 16.2. The highest BCUT2D eigenvalue weighted by Crippen LogP contribution is 2.36. The lowest BCUT2D eigenvalue weighted by atomic mass is 9.97. The van der Waals surface area contributed by atoms with Gasteiger partial charge in [-0.25, -0.2) is 9.50 Å². The summed E-state index contributed by atoms with van der Waals surface area (Å²) in [6, 6.07) is 8.44. The third kappa shape index (κ3) is 3.92. The summed E-state index contributed by atoms with van der Waals surface area (Å²) in [6.45, 7) is 6.97. The minimum absolute atomic E-state index is 0.0116. The summed E-state index contributed by atoms with van der Waals surface area (Å²) in [6.07, 6.45) is 8.34. The number of fused-ring (bicyclic) bond motifs is 1. The minimum Gasteiger partial charge on any atom is -0.330 e. The molecule has 168 valence electrons. The summed E-state index contributed by atoms with van der Waals surface area (Å²) >= 11 is 0. The highest BCUT2D eigenvalue weighted by Gasteiger charge is 2.31. The molecule has 1 saturated heterocycles. The van der Waals surface area contributed by atoms with Gasteiger partial charge in [0.05, 0.1) is 17.4 Å². The Morgan fingerprint density at radius 3 is 2.53 bits per heavy atom. The number of carbonyl (C=O) groups is 1. The molecule has 1 amide bonds. The number of nitrogens with two attached hydrogens (primary N) is 1. The van der Waals surface area contributed by atoms with Crippen LogP contribution in [-0.2, 0) is 0 Å². The van der Waals surface area contributed by atoms with Crippen molar-refractivity contribution in [3.63, 3.8) is 0 Å². The Labute approximate surface area is 189 Å². The molecule has 2 fully saturated rings. The molecule has 5 rings (SSSR count). The first-order valence-electron chi connectivity index (χ1n) is 11.9. The maximum atomic E-state index is 13.5. The highest BCUT2D eigenvalue weighted by molar-refractivity contribution is 5.95. The molecule has 3 atom stereocenters. The van der Waals surface area contributed by atoms with Crippen LogP contribution in [0.15, 0.2) is 30.5 Å². The standard InChI is InChI=1S/C26H33N5O/c1-16-10-17(2)12-20(11-16)26(32)30-9-5-4-6-23(30)22-14-24-28-25(18(3)15-31(24)29-22)19-7-8-21(27)13-19/h10-12,14-15,19,21,23H,4-9,13,27H2,1-3H3. The number of piperidine rings is 1. The van der Waals surface area contributed by atoms with Crippen molar-refractivity contribution in [1.82, 2.24) is 19.5 Å². The molecule has 3 heterocycles. The number of nitrogens with zero attached hydrogens (tertiary/aromatic N) is 4. The largest absolute Gasteiger partial charge is 0.330 e. The molecule has 0 spiro atoms. The van der Waals surface area contributed by atoms with E-state index < -0.39 is 0 Å². The predicted octanol–water partition coefficient (Wildman–Crippen LogP) is 4.62. The molecule has 6 heteroatoms. The molecule has 3 aromatic rings. The number of benzene rings is 1. The first-order valence-corrected chi connectivity index (χ1v) is 11.9. The predicted molar refractivity (Wildman–Crippen MR) is 126 cm³/mol. The van der Waals surface area contributed by atoms with Crippen LogP contribution < -0.4 is 5.73 Å². The molecule has 1 saturated carbocycles. The van der Waals surface area contributed by atoms with E-state index in [0.29, 0.717) is 5.92 Å². The van der Waals surface area contributed by atoms with Gasteiger partial charge in [0.1, 0.15) is 0 Å². The van der Waals surface area contributed by atoms with Gasteiger partial charge in [0.25, 0.3) is 5.91 Å². The van der Waals surface area contributed by atoms with E-state index in [-0.39, 0.29) is 18.0 Å². The lowest BCUT2D eigenvalue weighted by Gasteiger charge is -2.35. The van der Waals surface area contributed by atoms with Gasteiger partial charge in [-0.1, -0.05) is 17.2 Å². The van der Waals surface area contributed by atoms with Gasteiger partial charge in [0.2, 0.25) is 0 Å². The zero-order chi connectivity index (χ0) is 22.4. The normalized spacial score (nSPS) is 23.8. The van der Waals surface area contributed by atoms with Crippen LogP contribution in [0.5, 0.6) is 0 Å². The summed E-state index contributed by atoms with van der Waals surface area (Å²) in [7, 11) is 0. The molecule has 32 heavy (non-hydrogen) atoms. The SMILES string of the molecule is Cc1cc(C)cc(C(=O)N2CCCCC2c2cc3nc(C4CCC(N)C4)c(C)cn3n2)c1. The quantitative estimate of drug-likeness (QED) is 0.657. The van der Waals surface area contributed by atoms with Crippen LogP contribution in [0.3, 0.4) is 0 Å². The fourth-order valence-corrected chi connectivity index (χ4v) is 5.63. The zero-order valence-electron chi connectivity index (χ0n) is 19.3. The first-order chi connectivity index (χ1) is 15.4. The number of hydrogen-bond donors (Lipinski definition) is 1. The van der Waals surface area contributed by atoms with E-state index in [9.17, 15) is 4.79 Å². The number of carbonyl (C=O) groups excluding carboxylic acids is 1. The van der Waals surface area contributed by atoms with Gasteiger partial charge in [-0.15, -0.1) is 0 Å². The lowest BCUT2D eigenvalue weighted by Crippen LogP contribution is -2.38. The van der Waals surface area contributed by atoms with Crippen molar-refractivity contribution in [3.05, 3.63) is 64.1 Å². The number of aryl methyl sites for hydroxylation is 3. The van der Waals surface area contributed by atoms with Gasteiger partial charge in [0, 0.05) is 36.3 Å². The summed E-state index contributed by atoms with van der Waals surface area (Å²) in [4.78, 5) is 20.5. The minimum atomic E-state index is -0.0116. The fourth-order valence-electron chi connectivity index (χ4n) is 5.63. The second-order valence-corrected chi connectivity index (χ2v) is 9.84. The van der Waals surface area contributed by atoms with Crippen LogP contribution in [0.1, 0.15) is 88.9 Å². The van der Waals surface area contributed by atoms with Crippen LogP contribution in [0.25, 0.3) is 5.65 Å². The third-order valence-corrected chi connectivity index (χ3v) is 7.12. The third-order valence-electron chi connectivity index (χ3n) is 7.12. The Balaban J connectivity index is 1.47. The molecule has 2 N–H and O–H groups in total. The molecule has 3 unspecified atom stereocenters. The molecule has 1 aliphatic heterocycles. The van der Waals surface area contributed by atoms with E-state index >= 15 is 0 Å². The summed E-state index contributed by atoms with van der Waals surface area (Å²) in [5.74, 6) is 0.536. The Morgan fingerprint density at radius 1 is 1.03 bits per heavy atom. The topological polar surface area (TPSA) is 76.5 Å². The van der Waals surface area contributed by atoms with Gasteiger partial charge in [-0.3, -0.25) is 4.79 Å². The van der Waals surface area contributed by atoms with E-state index in [1.54, 1.807) is 0 Å². The molecular weight excluding hydrogens is 398 g/mol. The summed E-state index contributed by atoms with van der Waals surface area (Å²) in [5, 5.41) is 4.88. The van der Waals surface area contributed by atoms with Crippen LogP contribution >= 0.6 is 0 Å². The summed E-state index contributed by atoms with van der Waals surface area (Å²) < 4.78 is 1.89. The Hall–Kier alpha value is -2.73. The number of aromatic nitrogens is 3. The number of amides is 1.